The van der Waals surface area contributed by atoms with Crippen molar-refractivity contribution in [3.8, 4) is 0 Å². The van der Waals surface area contributed by atoms with Crippen molar-refractivity contribution in [2.75, 3.05) is 6.54 Å². The molecule has 1 aliphatic rings. The van der Waals surface area contributed by atoms with Crippen LogP contribution in [0.3, 0.4) is 0 Å². The first-order valence-electron chi connectivity index (χ1n) is 7.41. The number of imidazole rings is 1. The first-order valence-corrected chi connectivity index (χ1v) is 7.41. The molecule has 1 aromatic heterocycles. The highest BCUT2D eigenvalue weighted by Crippen LogP contribution is 2.19. The molecule has 1 fully saturated rings. The van der Waals surface area contributed by atoms with Crippen LogP contribution in [0.4, 0.5) is 0 Å². The van der Waals surface area contributed by atoms with Crippen molar-refractivity contribution in [2.24, 2.45) is 0 Å². The van der Waals surface area contributed by atoms with Crippen LogP contribution in [0.25, 0.3) is 11.0 Å². The fourth-order valence-corrected chi connectivity index (χ4v) is 2.92. The fourth-order valence-electron chi connectivity index (χ4n) is 2.92. The van der Waals surface area contributed by atoms with Crippen LogP contribution in [-0.4, -0.2) is 22.6 Å². The van der Waals surface area contributed by atoms with Crippen LogP contribution in [0.2, 0.25) is 0 Å². The largest absolute Gasteiger partial charge is 0.342 e. The van der Waals surface area contributed by atoms with Crippen LogP contribution in [0, 0.1) is 13.8 Å². The maximum absolute atomic E-state index is 4.72. The van der Waals surface area contributed by atoms with E-state index >= 15 is 0 Å². The zero-order chi connectivity index (χ0) is 13.2. The topological polar surface area (TPSA) is 40.7 Å². The van der Waals surface area contributed by atoms with E-state index in [0.717, 1.165) is 17.8 Å². The number of nitrogens with zero attached hydrogens (tertiary/aromatic N) is 1. The monoisotopic (exact) mass is 257 g/mol. The van der Waals surface area contributed by atoms with Crippen LogP contribution < -0.4 is 5.32 Å². The van der Waals surface area contributed by atoms with Crippen molar-refractivity contribution in [2.45, 2.75) is 52.0 Å². The number of fused-ring (bicyclic) bond motifs is 1. The maximum atomic E-state index is 4.72. The van der Waals surface area contributed by atoms with Gasteiger partial charge in [-0.3, -0.25) is 0 Å². The standard InChI is InChI=1S/C16H23N3/c1-11-9-14-15(10-12(11)2)19-16(18-14)7-6-13-5-3-4-8-17-13/h9-10,13,17H,3-8H2,1-2H3,(H,18,19). The smallest absolute Gasteiger partial charge is 0.107 e. The van der Waals surface area contributed by atoms with Gasteiger partial charge in [-0.1, -0.05) is 6.42 Å². The van der Waals surface area contributed by atoms with Crippen molar-refractivity contribution in [3.63, 3.8) is 0 Å². The summed E-state index contributed by atoms with van der Waals surface area (Å²) in [4.78, 5) is 8.18. The van der Waals surface area contributed by atoms with Gasteiger partial charge in [-0.25, -0.2) is 4.98 Å². The molecule has 2 aromatic rings. The molecule has 1 atom stereocenters. The first kappa shape index (κ1) is 12.7. The Morgan fingerprint density at radius 2 is 2.05 bits per heavy atom. The second-order valence-electron chi connectivity index (χ2n) is 5.82. The molecule has 102 valence electrons. The highest BCUT2D eigenvalue weighted by molar-refractivity contribution is 5.77. The molecule has 3 nitrogen and oxygen atoms in total. The molecular weight excluding hydrogens is 234 g/mol. The fraction of sp³-hybridized carbons (Fsp3) is 0.562. The van der Waals surface area contributed by atoms with E-state index in [1.165, 1.54) is 48.9 Å². The van der Waals surface area contributed by atoms with Gasteiger partial charge in [0, 0.05) is 12.5 Å². The maximum Gasteiger partial charge on any atom is 0.107 e. The van der Waals surface area contributed by atoms with Gasteiger partial charge in [0.2, 0.25) is 0 Å². The van der Waals surface area contributed by atoms with Crippen LogP contribution in [0.15, 0.2) is 12.1 Å². The van der Waals surface area contributed by atoms with Gasteiger partial charge in [0.15, 0.2) is 0 Å². The molecule has 3 rings (SSSR count). The number of hydrogen-bond donors (Lipinski definition) is 2. The Labute approximate surface area is 114 Å². The van der Waals surface area contributed by atoms with Crippen LogP contribution in [0.5, 0.6) is 0 Å². The Hall–Kier alpha value is -1.35. The molecule has 1 aliphatic heterocycles. The normalized spacial score (nSPS) is 20.0. The first-order chi connectivity index (χ1) is 9.22. The molecule has 0 saturated carbocycles. The van der Waals surface area contributed by atoms with E-state index in [-0.39, 0.29) is 0 Å². The molecule has 3 heteroatoms. The number of nitrogens with one attached hydrogen (secondary N) is 2. The number of aryl methyl sites for hydroxylation is 3. The van der Waals surface area contributed by atoms with Crippen molar-refractivity contribution in [1.29, 1.82) is 0 Å². The molecule has 0 bridgehead atoms. The van der Waals surface area contributed by atoms with E-state index in [4.69, 9.17) is 4.98 Å². The Bertz CT molecular complexity index is 526. The minimum Gasteiger partial charge on any atom is -0.342 e. The van der Waals surface area contributed by atoms with Gasteiger partial charge in [-0.05, 0) is 62.9 Å². The van der Waals surface area contributed by atoms with E-state index in [1.54, 1.807) is 0 Å². The Kier molecular flexibility index (Phi) is 3.56. The number of aromatic nitrogens is 2. The molecular formula is C16H23N3. The third-order valence-electron chi connectivity index (χ3n) is 4.29. The second kappa shape index (κ2) is 5.33. The number of rotatable bonds is 3. The van der Waals surface area contributed by atoms with Crippen LogP contribution in [-0.2, 0) is 6.42 Å². The lowest BCUT2D eigenvalue weighted by molar-refractivity contribution is 0.381. The lowest BCUT2D eigenvalue weighted by Gasteiger charge is -2.22. The third-order valence-corrected chi connectivity index (χ3v) is 4.29. The lowest BCUT2D eigenvalue weighted by Crippen LogP contribution is -2.34. The van der Waals surface area contributed by atoms with Gasteiger partial charge in [-0.2, -0.15) is 0 Å². The van der Waals surface area contributed by atoms with Crippen LogP contribution in [0.1, 0.15) is 42.6 Å². The average molecular weight is 257 g/mol. The van der Waals surface area contributed by atoms with Crippen molar-refractivity contribution < 1.29 is 0 Å². The summed E-state index contributed by atoms with van der Waals surface area (Å²) >= 11 is 0. The van der Waals surface area contributed by atoms with E-state index in [2.05, 4.69) is 36.3 Å². The van der Waals surface area contributed by atoms with Gasteiger partial charge >= 0.3 is 0 Å². The molecule has 1 unspecified atom stereocenters. The van der Waals surface area contributed by atoms with E-state index in [0.29, 0.717) is 6.04 Å². The summed E-state index contributed by atoms with van der Waals surface area (Å²) in [6, 6.07) is 5.08. The summed E-state index contributed by atoms with van der Waals surface area (Å²) in [7, 11) is 0. The second-order valence-corrected chi connectivity index (χ2v) is 5.82. The molecule has 0 spiro atoms. The minimum absolute atomic E-state index is 0.686. The van der Waals surface area contributed by atoms with Crippen molar-refractivity contribution >= 4 is 11.0 Å². The molecule has 2 heterocycles. The summed E-state index contributed by atoms with van der Waals surface area (Å²) in [5.41, 5.74) is 4.93. The number of aromatic amines is 1. The molecule has 0 amide bonds. The van der Waals surface area contributed by atoms with Gasteiger partial charge in [0.25, 0.3) is 0 Å². The molecule has 2 N–H and O–H groups in total. The van der Waals surface area contributed by atoms with Crippen LogP contribution >= 0.6 is 0 Å². The highest BCUT2D eigenvalue weighted by Gasteiger charge is 2.13. The highest BCUT2D eigenvalue weighted by atomic mass is 14.9. The molecule has 1 aromatic carbocycles. The van der Waals surface area contributed by atoms with Crippen molar-refractivity contribution in [1.82, 2.24) is 15.3 Å². The zero-order valence-electron chi connectivity index (χ0n) is 11.9. The minimum atomic E-state index is 0.686. The quantitative estimate of drug-likeness (QED) is 0.886. The Morgan fingerprint density at radius 3 is 2.84 bits per heavy atom. The Morgan fingerprint density at radius 1 is 1.21 bits per heavy atom. The molecule has 0 aliphatic carbocycles. The number of H-pyrrole nitrogens is 1. The van der Waals surface area contributed by atoms with Gasteiger partial charge < -0.3 is 10.3 Å². The average Bonchev–Trinajstić information content (AvgIpc) is 2.80. The van der Waals surface area contributed by atoms with E-state index in [9.17, 15) is 0 Å². The van der Waals surface area contributed by atoms with Gasteiger partial charge in [-0.15, -0.1) is 0 Å². The number of benzene rings is 1. The summed E-state index contributed by atoms with van der Waals surface area (Å²) < 4.78 is 0. The molecule has 0 radical (unpaired) electrons. The predicted octanol–water partition coefficient (Wildman–Crippen LogP) is 3.25. The third kappa shape index (κ3) is 2.81. The zero-order valence-corrected chi connectivity index (χ0v) is 11.9. The van der Waals surface area contributed by atoms with E-state index in [1.807, 2.05) is 0 Å². The van der Waals surface area contributed by atoms with Gasteiger partial charge in [0.05, 0.1) is 11.0 Å². The van der Waals surface area contributed by atoms with E-state index < -0.39 is 0 Å². The number of hydrogen-bond acceptors (Lipinski definition) is 2. The summed E-state index contributed by atoms with van der Waals surface area (Å²) in [6.07, 6.45) is 6.26. The summed E-state index contributed by atoms with van der Waals surface area (Å²) in [5.74, 6) is 1.13. The predicted molar refractivity (Wildman–Crippen MR) is 79.5 cm³/mol. The summed E-state index contributed by atoms with van der Waals surface area (Å²) in [5, 5.41) is 3.60. The van der Waals surface area contributed by atoms with Gasteiger partial charge in [0.1, 0.15) is 5.82 Å². The molecule has 19 heavy (non-hydrogen) atoms. The SMILES string of the molecule is Cc1cc2nc(CCC3CCCCN3)[nH]c2cc1C. The summed E-state index contributed by atoms with van der Waals surface area (Å²) in [6.45, 7) is 5.49. The number of piperidine rings is 1. The Balaban J connectivity index is 1.70. The molecule has 1 saturated heterocycles. The van der Waals surface area contributed by atoms with Crippen molar-refractivity contribution in [3.05, 3.63) is 29.1 Å². The lowest BCUT2D eigenvalue weighted by atomic mass is 10.0.